The van der Waals surface area contributed by atoms with Crippen molar-refractivity contribution in [1.29, 1.82) is 0 Å². The Kier molecular flexibility index (Phi) is 4.09. The first kappa shape index (κ1) is 12.3. The van der Waals surface area contributed by atoms with E-state index in [2.05, 4.69) is 9.68 Å². The van der Waals surface area contributed by atoms with Crippen molar-refractivity contribution in [3.8, 4) is 0 Å². The lowest BCUT2D eigenvalue weighted by molar-refractivity contribution is 0.0697. The molecule has 0 saturated carbocycles. The summed E-state index contributed by atoms with van der Waals surface area (Å²) in [6.07, 6.45) is 1.35. The summed E-state index contributed by atoms with van der Waals surface area (Å²) in [4.78, 5) is 13.6. The van der Waals surface area contributed by atoms with Crippen LogP contribution in [0.2, 0.25) is 0 Å². The van der Waals surface area contributed by atoms with E-state index < -0.39 is 0 Å². The Bertz CT molecular complexity index is 482. The zero-order chi connectivity index (χ0) is 12.8. The number of nitrogens with zero attached hydrogens (tertiary/aromatic N) is 2. The molecule has 0 fully saturated rings. The van der Waals surface area contributed by atoms with Gasteiger partial charge in [0.15, 0.2) is 5.69 Å². The molecule has 1 heterocycles. The van der Waals surface area contributed by atoms with Crippen molar-refractivity contribution in [1.82, 2.24) is 10.1 Å². The predicted octanol–water partition coefficient (Wildman–Crippen LogP) is 1.31. The first-order valence-electron chi connectivity index (χ1n) is 5.65. The molecule has 0 aliphatic carbocycles. The van der Waals surface area contributed by atoms with Gasteiger partial charge in [0.2, 0.25) is 0 Å². The minimum absolute atomic E-state index is 0.0869. The van der Waals surface area contributed by atoms with E-state index in [0.29, 0.717) is 6.54 Å². The molecule has 0 unspecified atom stereocenters. The van der Waals surface area contributed by atoms with Crippen LogP contribution in [0.3, 0.4) is 0 Å². The predicted molar refractivity (Wildman–Crippen MR) is 64.8 cm³/mol. The number of rotatable bonds is 5. The third-order valence-corrected chi connectivity index (χ3v) is 2.53. The molecular weight excluding hydrogens is 232 g/mol. The summed E-state index contributed by atoms with van der Waals surface area (Å²) < 4.78 is 4.65. The molecule has 18 heavy (non-hydrogen) atoms. The Morgan fingerprint density at radius 3 is 2.67 bits per heavy atom. The summed E-state index contributed by atoms with van der Waals surface area (Å²) in [5.74, 6) is -0.248. The fraction of sp³-hybridized carbons (Fsp3) is 0.231. The lowest BCUT2D eigenvalue weighted by atomic mass is 10.2. The van der Waals surface area contributed by atoms with Crippen LogP contribution in [0.1, 0.15) is 16.1 Å². The molecule has 0 aliphatic rings. The number of aromatic nitrogens is 1. The van der Waals surface area contributed by atoms with Crippen LogP contribution in [-0.4, -0.2) is 34.2 Å². The Morgan fingerprint density at radius 1 is 1.28 bits per heavy atom. The number of aliphatic hydroxyl groups is 1. The third kappa shape index (κ3) is 2.95. The lowest BCUT2D eigenvalue weighted by Crippen LogP contribution is -2.33. The van der Waals surface area contributed by atoms with Gasteiger partial charge in [-0.05, 0) is 5.56 Å². The van der Waals surface area contributed by atoms with E-state index in [1.807, 2.05) is 30.3 Å². The number of benzene rings is 1. The Labute approximate surface area is 105 Å². The summed E-state index contributed by atoms with van der Waals surface area (Å²) in [6.45, 7) is 0.615. The van der Waals surface area contributed by atoms with Crippen LogP contribution in [-0.2, 0) is 6.54 Å². The molecule has 1 amide bonds. The first-order chi connectivity index (χ1) is 8.81. The largest absolute Gasteiger partial charge is 0.395 e. The van der Waals surface area contributed by atoms with Crippen molar-refractivity contribution in [2.24, 2.45) is 0 Å². The van der Waals surface area contributed by atoms with Crippen LogP contribution in [0.5, 0.6) is 0 Å². The van der Waals surface area contributed by atoms with Crippen LogP contribution >= 0.6 is 0 Å². The molecule has 1 aromatic heterocycles. The standard InChI is InChI=1S/C13H14N2O3/c16-8-7-15(10-11-4-2-1-3-5-11)13(17)12-6-9-18-14-12/h1-6,9,16H,7-8,10H2. The van der Waals surface area contributed by atoms with Crippen molar-refractivity contribution >= 4 is 5.91 Å². The fourth-order valence-corrected chi connectivity index (χ4v) is 1.66. The van der Waals surface area contributed by atoms with Gasteiger partial charge in [-0.15, -0.1) is 0 Å². The van der Waals surface area contributed by atoms with Crippen LogP contribution in [0.15, 0.2) is 47.2 Å². The SMILES string of the molecule is O=C(c1ccon1)N(CCO)Cc1ccccc1. The molecule has 94 valence electrons. The second-order valence-electron chi connectivity index (χ2n) is 3.82. The molecule has 5 nitrogen and oxygen atoms in total. The number of hydrogen-bond donors (Lipinski definition) is 1. The quantitative estimate of drug-likeness (QED) is 0.863. The molecule has 0 aliphatic heterocycles. The minimum Gasteiger partial charge on any atom is -0.395 e. The average molecular weight is 246 g/mol. The van der Waals surface area contributed by atoms with E-state index in [1.54, 1.807) is 0 Å². The molecule has 0 radical (unpaired) electrons. The zero-order valence-electron chi connectivity index (χ0n) is 9.82. The van der Waals surface area contributed by atoms with Crippen molar-refractivity contribution in [2.75, 3.05) is 13.2 Å². The maximum absolute atomic E-state index is 12.1. The Balaban J connectivity index is 2.11. The highest BCUT2D eigenvalue weighted by molar-refractivity contribution is 5.92. The van der Waals surface area contributed by atoms with Crippen molar-refractivity contribution in [2.45, 2.75) is 6.54 Å². The van der Waals surface area contributed by atoms with Crippen LogP contribution in [0, 0.1) is 0 Å². The molecule has 1 aromatic carbocycles. The summed E-state index contributed by atoms with van der Waals surface area (Å²) in [6, 6.07) is 11.1. The van der Waals surface area contributed by atoms with Gasteiger partial charge in [-0.2, -0.15) is 0 Å². The summed E-state index contributed by atoms with van der Waals surface area (Å²) in [5, 5.41) is 12.6. The van der Waals surface area contributed by atoms with Crippen molar-refractivity contribution < 1.29 is 14.4 Å². The second-order valence-corrected chi connectivity index (χ2v) is 3.82. The second kappa shape index (κ2) is 5.97. The van der Waals surface area contributed by atoms with Gasteiger partial charge >= 0.3 is 0 Å². The normalized spacial score (nSPS) is 10.3. The maximum atomic E-state index is 12.1. The third-order valence-electron chi connectivity index (χ3n) is 2.53. The average Bonchev–Trinajstić information content (AvgIpc) is 2.92. The van der Waals surface area contributed by atoms with E-state index in [4.69, 9.17) is 5.11 Å². The van der Waals surface area contributed by atoms with Gasteiger partial charge in [-0.3, -0.25) is 4.79 Å². The summed E-state index contributed by atoms with van der Waals surface area (Å²) in [7, 11) is 0. The molecule has 1 N–H and O–H groups in total. The number of amides is 1. The topological polar surface area (TPSA) is 66.6 Å². The number of hydrogen-bond acceptors (Lipinski definition) is 4. The maximum Gasteiger partial charge on any atom is 0.276 e. The highest BCUT2D eigenvalue weighted by atomic mass is 16.5. The monoisotopic (exact) mass is 246 g/mol. The lowest BCUT2D eigenvalue weighted by Gasteiger charge is -2.20. The molecule has 2 rings (SSSR count). The van der Waals surface area contributed by atoms with Crippen molar-refractivity contribution in [3.63, 3.8) is 0 Å². The van der Waals surface area contributed by atoms with E-state index in [0.717, 1.165) is 5.56 Å². The van der Waals surface area contributed by atoms with Crippen LogP contribution in [0.25, 0.3) is 0 Å². The van der Waals surface area contributed by atoms with Crippen molar-refractivity contribution in [3.05, 3.63) is 53.9 Å². The van der Waals surface area contributed by atoms with E-state index in [1.165, 1.54) is 17.2 Å². The number of carbonyl (C=O) groups excluding carboxylic acids is 1. The number of aliphatic hydroxyl groups excluding tert-OH is 1. The molecule has 5 heteroatoms. The molecule has 0 bridgehead atoms. The van der Waals surface area contributed by atoms with Gasteiger partial charge in [0.05, 0.1) is 6.61 Å². The minimum atomic E-state index is -0.248. The smallest absolute Gasteiger partial charge is 0.276 e. The fourth-order valence-electron chi connectivity index (χ4n) is 1.66. The van der Waals surface area contributed by atoms with Gasteiger partial charge in [0.1, 0.15) is 6.26 Å². The van der Waals surface area contributed by atoms with Gasteiger partial charge < -0.3 is 14.5 Å². The van der Waals surface area contributed by atoms with E-state index >= 15 is 0 Å². The van der Waals surface area contributed by atoms with Crippen LogP contribution in [0.4, 0.5) is 0 Å². The molecule has 0 saturated heterocycles. The zero-order valence-corrected chi connectivity index (χ0v) is 9.82. The highest BCUT2D eigenvalue weighted by Crippen LogP contribution is 2.08. The van der Waals surface area contributed by atoms with Gasteiger partial charge in [-0.25, -0.2) is 0 Å². The van der Waals surface area contributed by atoms with E-state index in [9.17, 15) is 4.79 Å². The van der Waals surface area contributed by atoms with Crippen LogP contribution < -0.4 is 0 Å². The highest BCUT2D eigenvalue weighted by Gasteiger charge is 2.17. The Morgan fingerprint density at radius 2 is 2.06 bits per heavy atom. The molecule has 0 atom stereocenters. The molecule has 2 aromatic rings. The summed E-state index contributed by atoms with van der Waals surface area (Å²) >= 11 is 0. The Hall–Kier alpha value is -2.14. The molecular formula is C13H14N2O3. The summed E-state index contributed by atoms with van der Waals surface area (Å²) in [5.41, 5.74) is 1.25. The van der Waals surface area contributed by atoms with Gasteiger partial charge in [0.25, 0.3) is 5.91 Å². The van der Waals surface area contributed by atoms with Gasteiger partial charge in [0, 0.05) is 19.2 Å². The van der Waals surface area contributed by atoms with E-state index in [-0.39, 0.29) is 24.8 Å². The number of carbonyl (C=O) groups is 1. The first-order valence-corrected chi connectivity index (χ1v) is 5.65. The molecule has 0 spiro atoms. The van der Waals surface area contributed by atoms with Gasteiger partial charge in [-0.1, -0.05) is 35.5 Å².